The maximum Gasteiger partial charge on any atom is 0.234 e. The van der Waals surface area contributed by atoms with Crippen molar-refractivity contribution in [3.05, 3.63) is 72.7 Å². The molecule has 5 heteroatoms. The summed E-state index contributed by atoms with van der Waals surface area (Å²) in [6.07, 6.45) is 5.91. The van der Waals surface area contributed by atoms with Crippen LogP contribution in [0.5, 0.6) is 0 Å². The highest BCUT2D eigenvalue weighted by Crippen LogP contribution is 2.19. The van der Waals surface area contributed by atoms with Crippen LogP contribution in [0.4, 0.5) is 5.69 Å². The number of aromatic nitrogens is 2. The zero-order valence-electron chi connectivity index (χ0n) is 12.3. The maximum absolute atomic E-state index is 12.0. The van der Waals surface area contributed by atoms with Gasteiger partial charge in [-0.2, -0.15) is 0 Å². The van der Waals surface area contributed by atoms with Crippen molar-refractivity contribution in [2.45, 2.75) is 11.9 Å². The molecule has 2 aromatic heterocycles. The zero-order valence-corrected chi connectivity index (χ0v) is 13.1. The molecular formula is C17H17N3OS. The lowest BCUT2D eigenvalue weighted by atomic mass is 10.2. The van der Waals surface area contributed by atoms with Crippen molar-refractivity contribution in [1.29, 1.82) is 0 Å². The highest BCUT2D eigenvalue weighted by atomic mass is 32.2. The SMILES string of the molecule is Cc1ccc(NC(=O)CSc2cccn2-n2cccc2)cc1. The van der Waals surface area contributed by atoms with Gasteiger partial charge in [0.05, 0.1) is 10.8 Å². The Hall–Kier alpha value is -2.40. The summed E-state index contributed by atoms with van der Waals surface area (Å²) in [5.41, 5.74) is 2.01. The van der Waals surface area contributed by atoms with E-state index >= 15 is 0 Å². The Bertz CT molecular complexity index is 745. The standard InChI is InChI=1S/C17H17N3OS/c1-14-6-8-15(9-7-14)18-16(21)13-22-17-5-4-12-20(17)19-10-2-3-11-19/h2-12H,13H2,1H3,(H,18,21). The third kappa shape index (κ3) is 3.43. The third-order valence-corrected chi connectivity index (χ3v) is 4.24. The van der Waals surface area contributed by atoms with Crippen LogP contribution in [-0.2, 0) is 4.79 Å². The molecule has 2 heterocycles. The smallest absolute Gasteiger partial charge is 0.234 e. The predicted octanol–water partition coefficient (Wildman–Crippen LogP) is 3.64. The number of carbonyl (C=O) groups excluding carboxylic acids is 1. The van der Waals surface area contributed by atoms with Crippen LogP contribution in [0.25, 0.3) is 0 Å². The number of hydrogen-bond donors (Lipinski definition) is 1. The van der Waals surface area contributed by atoms with Gasteiger partial charge in [0.15, 0.2) is 0 Å². The van der Waals surface area contributed by atoms with Crippen molar-refractivity contribution in [2.75, 3.05) is 11.1 Å². The molecule has 1 N–H and O–H groups in total. The molecule has 1 amide bonds. The minimum absolute atomic E-state index is 0.00545. The average molecular weight is 311 g/mol. The van der Waals surface area contributed by atoms with E-state index in [0.717, 1.165) is 10.7 Å². The van der Waals surface area contributed by atoms with Crippen molar-refractivity contribution in [3.63, 3.8) is 0 Å². The van der Waals surface area contributed by atoms with Crippen molar-refractivity contribution in [3.8, 4) is 0 Å². The number of aryl methyl sites for hydroxylation is 1. The van der Waals surface area contributed by atoms with Crippen LogP contribution in [0.3, 0.4) is 0 Å². The molecule has 4 nitrogen and oxygen atoms in total. The number of thioether (sulfide) groups is 1. The van der Waals surface area contributed by atoms with Crippen LogP contribution in [-0.4, -0.2) is 21.0 Å². The topological polar surface area (TPSA) is 39.0 Å². The predicted molar refractivity (Wildman–Crippen MR) is 90.2 cm³/mol. The van der Waals surface area contributed by atoms with E-state index in [2.05, 4.69) is 5.32 Å². The molecular weight excluding hydrogens is 294 g/mol. The molecule has 0 radical (unpaired) electrons. The molecule has 0 atom stereocenters. The van der Waals surface area contributed by atoms with Crippen LogP contribution in [0, 0.1) is 6.92 Å². The lowest BCUT2D eigenvalue weighted by Crippen LogP contribution is -2.15. The maximum atomic E-state index is 12.0. The Morgan fingerprint density at radius 1 is 1.05 bits per heavy atom. The molecule has 0 saturated carbocycles. The second-order valence-corrected chi connectivity index (χ2v) is 5.95. The van der Waals surface area contributed by atoms with Crippen LogP contribution in [0.2, 0.25) is 0 Å². The van der Waals surface area contributed by atoms with Gasteiger partial charge in [-0.15, -0.1) is 0 Å². The van der Waals surface area contributed by atoms with Crippen LogP contribution in [0.1, 0.15) is 5.56 Å². The largest absolute Gasteiger partial charge is 0.325 e. The summed E-state index contributed by atoms with van der Waals surface area (Å²) in [6.45, 7) is 2.02. The first-order valence-electron chi connectivity index (χ1n) is 7.03. The van der Waals surface area contributed by atoms with Gasteiger partial charge in [0, 0.05) is 24.3 Å². The highest BCUT2D eigenvalue weighted by molar-refractivity contribution is 7.99. The van der Waals surface area contributed by atoms with Crippen molar-refractivity contribution in [1.82, 2.24) is 9.35 Å². The number of rotatable bonds is 5. The van der Waals surface area contributed by atoms with Crippen molar-refractivity contribution >= 4 is 23.4 Å². The minimum Gasteiger partial charge on any atom is -0.325 e. The fourth-order valence-corrected chi connectivity index (χ4v) is 2.92. The van der Waals surface area contributed by atoms with Crippen LogP contribution >= 0.6 is 11.8 Å². The molecule has 3 rings (SSSR count). The molecule has 112 valence electrons. The summed E-state index contributed by atoms with van der Waals surface area (Å²) in [6, 6.07) is 15.7. The van der Waals surface area contributed by atoms with Gasteiger partial charge < -0.3 is 5.32 Å². The van der Waals surface area contributed by atoms with Crippen LogP contribution in [0.15, 0.2) is 72.1 Å². The molecule has 0 fully saturated rings. The summed E-state index contributed by atoms with van der Waals surface area (Å²) < 4.78 is 3.98. The van der Waals surface area contributed by atoms with Gasteiger partial charge in [0.1, 0.15) is 0 Å². The van der Waals surface area contributed by atoms with E-state index in [1.807, 2.05) is 83.4 Å². The number of nitrogens with one attached hydrogen (secondary N) is 1. The number of carbonyl (C=O) groups is 1. The van der Waals surface area contributed by atoms with E-state index in [9.17, 15) is 4.79 Å². The minimum atomic E-state index is -0.00545. The second-order valence-electron chi connectivity index (χ2n) is 4.96. The first kappa shape index (κ1) is 14.5. The number of nitrogens with zero attached hydrogens (tertiary/aromatic N) is 2. The second kappa shape index (κ2) is 6.58. The van der Waals surface area contributed by atoms with E-state index in [1.165, 1.54) is 17.3 Å². The number of hydrogen-bond acceptors (Lipinski definition) is 2. The van der Waals surface area contributed by atoms with E-state index in [1.54, 1.807) is 0 Å². The molecule has 0 unspecified atom stereocenters. The fraction of sp³-hybridized carbons (Fsp3) is 0.118. The molecule has 1 aromatic carbocycles. The summed E-state index contributed by atoms with van der Waals surface area (Å²) in [5, 5.41) is 3.93. The molecule has 0 aliphatic heterocycles. The molecule has 0 aliphatic rings. The Balaban J connectivity index is 1.60. The summed E-state index contributed by atoms with van der Waals surface area (Å²) in [7, 11) is 0. The lowest BCUT2D eigenvalue weighted by Gasteiger charge is -2.10. The zero-order chi connectivity index (χ0) is 15.4. The highest BCUT2D eigenvalue weighted by Gasteiger charge is 2.07. The lowest BCUT2D eigenvalue weighted by molar-refractivity contribution is -0.113. The first-order valence-corrected chi connectivity index (χ1v) is 8.01. The number of anilines is 1. The number of benzene rings is 1. The Labute approximate surface area is 133 Å². The molecule has 0 spiro atoms. The average Bonchev–Trinajstić information content (AvgIpc) is 3.18. The first-order chi connectivity index (χ1) is 10.7. The summed E-state index contributed by atoms with van der Waals surface area (Å²) in [5.74, 6) is 0.369. The van der Waals surface area contributed by atoms with Crippen molar-refractivity contribution < 1.29 is 4.79 Å². The monoisotopic (exact) mass is 311 g/mol. The molecule has 22 heavy (non-hydrogen) atoms. The molecule has 0 aliphatic carbocycles. The van der Waals surface area contributed by atoms with Gasteiger partial charge in [-0.25, -0.2) is 0 Å². The summed E-state index contributed by atoms with van der Waals surface area (Å²) in [4.78, 5) is 12.0. The Kier molecular flexibility index (Phi) is 4.34. The Morgan fingerprint density at radius 3 is 2.50 bits per heavy atom. The summed E-state index contributed by atoms with van der Waals surface area (Å²) >= 11 is 1.51. The van der Waals surface area contributed by atoms with Crippen LogP contribution < -0.4 is 5.32 Å². The van der Waals surface area contributed by atoms with Gasteiger partial charge >= 0.3 is 0 Å². The fourth-order valence-electron chi connectivity index (χ4n) is 2.10. The van der Waals surface area contributed by atoms with Gasteiger partial charge in [-0.3, -0.25) is 14.1 Å². The van der Waals surface area contributed by atoms with Crippen molar-refractivity contribution in [2.24, 2.45) is 0 Å². The van der Waals surface area contributed by atoms with E-state index in [-0.39, 0.29) is 5.91 Å². The molecule has 0 saturated heterocycles. The Morgan fingerprint density at radius 2 is 1.77 bits per heavy atom. The van der Waals surface area contributed by atoms with E-state index in [4.69, 9.17) is 0 Å². The van der Waals surface area contributed by atoms with Gasteiger partial charge in [0.2, 0.25) is 5.91 Å². The van der Waals surface area contributed by atoms with Gasteiger partial charge in [-0.1, -0.05) is 29.5 Å². The van der Waals surface area contributed by atoms with E-state index in [0.29, 0.717) is 5.75 Å². The normalized spacial score (nSPS) is 10.6. The number of amides is 1. The third-order valence-electron chi connectivity index (χ3n) is 3.22. The van der Waals surface area contributed by atoms with E-state index < -0.39 is 0 Å². The molecule has 0 bridgehead atoms. The van der Waals surface area contributed by atoms with Gasteiger partial charge in [0.25, 0.3) is 0 Å². The quantitative estimate of drug-likeness (QED) is 0.731. The van der Waals surface area contributed by atoms with Gasteiger partial charge in [-0.05, 0) is 43.3 Å². The molecule has 3 aromatic rings.